The zero-order valence-electron chi connectivity index (χ0n) is 20.7. The molecule has 0 spiro atoms. The Morgan fingerprint density at radius 3 is 1.26 bits per heavy atom. The lowest BCUT2D eigenvalue weighted by Crippen LogP contribution is -1.84. The van der Waals surface area contributed by atoms with E-state index in [1.54, 1.807) is 12.2 Å². The maximum Gasteiger partial charge on any atom is 0.328 e. The van der Waals surface area contributed by atoms with Gasteiger partial charge >= 0.3 is 5.97 Å². The second-order valence-corrected chi connectivity index (χ2v) is 9.02. The van der Waals surface area contributed by atoms with Gasteiger partial charge in [0.1, 0.15) is 0 Å². The van der Waals surface area contributed by atoms with Crippen molar-refractivity contribution in [3.05, 3.63) is 36.5 Å². The molecule has 0 aliphatic heterocycles. The molecule has 0 aromatic heterocycles. The van der Waals surface area contributed by atoms with Gasteiger partial charge in [-0.05, 0) is 12.8 Å². The van der Waals surface area contributed by atoms with Crippen molar-refractivity contribution >= 4 is 5.97 Å². The smallest absolute Gasteiger partial charge is 0.328 e. The molecule has 31 heavy (non-hydrogen) atoms. The number of aliphatic carboxylic acids is 1. The van der Waals surface area contributed by atoms with E-state index < -0.39 is 5.97 Å². The van der Waals surface area contributed by atoms with Crippen molar-refractivity contribution in [2.24, 2.45) is 0 Å². The van der Waals surface area contributed by atoms with Crippen LogP contribution in [0.2, 0.25) is 0 Å². The van der Waals surface area contributed by atoms with E-state index in [9.17, 15) is 4.79 Å². The third kappa shape index (κ3) is 28.7. The quantitative estimate of drug-likeness (QED) is 0.0935. The summed E-state index contributed by atoms with van der Waals surface area (Å²) in [4.78, 5) is 10.3. The average Bonchev–Trinajstić information content (AvgIpc) is 2.76. The molecule has 0 heterocycles. The van der Waals surface area contributed by atoms with E-state index in [-0.39, 0.29) is 0 Å². The van der Waals surface area contributed by atoms with Crippen LogP contribution in [-0.2, 0) is 4.79 Å². The number of rotatable bonds is 24. The van der Waals surface area contributed by atoms with Crippen LogP contribution in [0.4, 0.5) is 0 Å². The van der Waals surface area contributed by atoms with Crippen molar-refractivity contribution in [1.29, 1.82) is 0 Å². The van der Waals surface area contributed by atoms with E-state index >= 15 is 0 Å². The minimum absolute atomic E-state index is 0.905. The number of unbranched alkanes of at least 4 members (excludes halogenated alkanes) is 20. The van der Waals surface area contributed by atoms with Crippen LogP contribution in [0.25, 0.3) is 0 Å². The number of hydrogen-bond acceptors (Lipinski definition) is 1. The predicted molar refractivity (Wildman–Crippen MR) is 138 cm³/mol. The van der Waals surface area contributed by atoms with Gasteiger partial charge in [0.15, 0.2) is 0 Å². The van der Waals surface area contributed by atoms with Crippen molar-refractivity contribution in [3.8, 4) is 0 Å². The minimum atomic E-state index is -0.905. The number of carbonyl (C=O) groups is 1. The first-order chi connectivity index (χ1) is 15.3. The zero-order valence-corrected chi connectivity index (χ0v) is 20.7. The fourth-order valence-corrected chi connectivity index (χ4v) is 3.96. The second kappa shape index (κ2) is 26.7. The molecule has 0 aromatic carbocycles. The lowest BCUT2D eigenvalue weighted by atomic mass is 10.0. The Hall–Kier alpha value is -1.31. The molecule has 0 unspecified atom stereocenters. The van der Waals surface area contributed by atoms with Crippen molar-refractivity contribution in [1.82, 2.24) is 0 Å². The van der Waals surface area contributed by atoms with Crippen LogP contribution in [-0.4, -0.2) is 11.1 Å². The van der Waals surface area contributed by atoms with Gasteiger partial charge in [-0.3, -0.25) is 0 Å². The van der Waals surface area contributed by atoms with Gasteiger partial charge in [0.2, 0.25) is 0 Å². The lowest BCUT2D eigenvalue weighted by molar-refractivity contribution is -0.131. The fourth-order valence-electron chi connectivity index (χ4n) is 3.96. The Balaban J connectivity index is 3.13. The largest absolute Gasteiger partial charge is 0.478 e. The molecule has 0 aliphatic carbocycles. The Morgan fingerprint density at radius 2 is 0.871 bits per heavy atom. The highest BCUT2D eigenvalue weighted by atomic mass is 16.4. The Morgan fingerprint density at radius 1 is 0.516 bits per heavy atom. The third-order valence-electron chi connectivity index (χ3n) is 5.93. The van der Waals surface area contributed by atoms with Gasteiger partial charge in [0, 0.05) is 6.08 Å². The van der Waals surface area contributed by atoms with Crippen LogP contribution in [0.1, 0.15) is 142 Å². The first-order valence-electron chi connectivity index (χ1n) is 13.5. The summed E-state index contributed by atoms with van der Waals surface area (Å²) in [6, 6.07) is 0. The van der Waals surface area contributed by atoms with Crippen molar-refractivity contribution in [3.63, 3.8) is 0 Å². The maximum absolute atomic E-state index is 10.3. The van der Waals surface area contributed by atoms with E-state index in [2.05, 4.69) is 13.0 Å². The van der Waals surface area contributed by atoms with Crippen LogP contribution in [0.5, 0.6) is 0 Å². The SMILES string of the molecule is CCCCCCCCCCCCCCCCCCCCCC/C=C/C=C/C=C/C(=O)O. The van der Waals surface area contributed by atoms with Gasteiger partial charge < -0.3 is 5.11 Å². The van der Waals surface area contributed by atoms with Crippen molar-refractivity contribution in [2.45, 2.75) is 142 Å². The minimum Gasteiger partial charge on any atom is -0.478 e. The van der Waals surface area contributed by atoms with Crippen LogP contribution in [0.15, 0.2) is 36.5 Å². The number of hydrogen-bond donors (Lipinski definition) is 1. The van der Waals surface area contributed by atoms with Crippen LogP contribution in [0.3, 0.4) is 0 Å². The normalized spacial score (nSPS) is 12.0. The summed E-state index contributed by atoms with van der Waals surface area (Å²) < 4.78 is 0. The molecule has 1 N–H and O–H groups in total. The van der Waals surface area contributed by atoms with Gasteiger partial charge in [-0.15, -0.1) is 0 Å². The van der Waals surface area contributed by atoms with E-state index in [1.807, 2.05) is 12.2 Å². The molecule has 0 aromatic rings. The van der Waals surface area contributed by atoms with Crippen LogP contribution in [0, 0.1) is 0 Å². The molecule has 0 amide bonds. The monoisotopic (exact) mass is 432 g/mol. The summed E-state index contributed by atoms with van der Waals surface area (Å²) >= 11 is 0. The fraction of sp³-hybridized carbons (Fsp3) is 0.759. The Bertz CT molecular complexity index is 448. The number of allylic oxidation sites excluding steroid dienone is 5. The average molecular weight is 433 g/mol. The molecule has 0 saturated carbocycles. The van der Waals surface area contributed by atoms with Gasteiger partial charge in [-0.1, -0.05) is 159 Å². The molecule has 2 heteroatoms. The first-order valence-corrected chi connectivity index (χ1v) is 13.5. The maximum atomic E-state index is 10.3. The summed E-state index contributed by atoms with van der Waals surface area (Å²) in [6.45, 7) is 2.29. The van der Waals surface area contributed by atoms with E-state index in [4.69, 9.17) is 5.11 Å². The van der Waals surface area contributed by atoms with Gasteiger partial charge in [0.25, 0.3) is 0 Å². The van der Waals surface area contributed by atoms with Crippen molar-refractivity contribution < 1.29 is 9.90 Å². The summed E-state index contributed by atoms with van der Waals surface area (Å²) in [7, 11) is 0. The third-order valence-corrected chi connectivity index (χ3v) is 5.93. The lowest BCUT2D eigenvalue weighted by Gasteiger charge is -2.04. The molecule has 0 atom stereocenters. The molecule has 2 nitrogen and oxygen atoms in total. The van der Waals surface area contributed by atoms with E-state index in [0.717, 1.165) is 12.5 Å². The Labute approximate surface area is 194 Å². The Kier molecular flexibility index (Phi) is 25.6. The van der Waals surface area contributed by atoms with Gasteiger partial charge in [0.05, 0.1) is 0 Å². The molecular weight excluding hydrogens is 380 g/mol. The standard InChI is InChI=1S/C29H52O2/c1-2-3-4-5-6-7-8-9-10-11-12-13-14-15-16-17-18-19-20-21-22-23-24-25-26-27-28-29(30)31/h23-28H,2-22H2,1H3,(H,30,31)/b24-23+,26-25+,28-27+. The zero-order chi connectivity index (χ0) is 22.7. The topological polar surface area (TPSA) is 37.3 Å². The summed E-state index contributed by atoms with van der Waals surface area (Å²) in [5.41, 5.74) is 0. The number of carboxylic acids is 1. The summed E-state index contributed by atoms with van der Waals surface area (Å²) in [6.07, 6.45) is 40.0. The highest BCUT2D eigenvalue weighted by Crippen LogP contribution is 2.15. The van der Waals surface area contributed by atoms with E-state index in [0.29, 0.717) is 0 Å². The molecule has 0 saturated heterocycles. The second-order valence-electron chi connectivity index (χ2n) is 9.02. The molecule has 0 fully saturated rings. The van der Waals surface area contributed by atoms with Crippen LogP contribution < -0.4 is 0 Å². The molecule has 0 aliphatic rings. The highest BCUT2D eigenvalue weighted by molar-refractivity contribution is 5.80. The van der Waals surface area contributed by atoms with Crippen LogP contribution >= 0.6 is 0 Å². The highest BCUT2D eigenvalue weighted by Gasteiger charge is 1.95. The molecule has 0 radical (unpaired) electrons. The molecule has 0 bridgehead atoms. The van der Waals surface area contributed by atoms with Crippen molar-refractivity contribution in [2.75, 3.05) is 0 Å². The molecule has 180 valence electrons. The van der Waals surface area contributed by atoms with Gasteiger partial charge in [-0.2, -0.15) is 0 Å². The molecule has 0 rings (SSSR count). The number of carboxylic acid groups (broad SMARTS) is 1. The summed E-state index contributed by atoms with van der Waals surface area (Å²) in [5, 5.41) is 8.46. The molecular formula is C29H52O2. The van der Waals surface area contributed by atoms with Gasteiger partial charge in [-0.25, -0.2) is 4.79 Å². The van der Waals surface area contributed by atoms with E-state index in [1.165, 1.54) is 128 Å². The summed E-state index contributed by atoms with van der Waals surface area (Å²) in [5.74, 6) is -0.905. The predicted octanol–water partition coefficient (Wildman–Crippen LogP) is 9.95. The first kappa shape index (κ1) is 29.7.